The summed E-state index contributed by atoms with van der Waals surface area (Å²) in [7, 11) is 0. The summed E-state index contributed by atoms with van der Waals surface area (Å²) in [4.78, 5) is 28.6. The summed E-state index contributed by atoms with van der Waals surface area (Å²) in [5, 5.41) is 0. The number of rotatable bonds is 6. The van der Waals surface area contributed by atoms with Crippen LogP contribution in [0.4, 0.5) is 0 Å². The molecule has 10 aromatic rings. The van der Waals surface area contributed by atoms with E-state index in [0.717, 1.165) is 84.3 Å². The normalized spacial score (nSPS) is 11.5. The molecule has 10 rings (SSSR count). The van der Waals surface area contributed by atoms with Gasteiger partial charge in [0.2, 0.25) is 0 Å². The van der Waals surface area contributed by atoms with Crippen molar-refractivity contribution in [2.75, 3.05) is 0 Å². The smallest absolute Gasteiger partial charge is 0.145 e. The lowest BCUT2D eigenvalue weighted by Gasteiger charge is -2.15. The number of fused-ring (bicyclic) bond motifs is 3. The molecule has 0 atom stereocenters. The van der Waals surface area contributed by atoms with Gasteiger partial charge in [-0.05, 0) is 91.0 Å². The van der Waals surface area contributed by atoms with E-state index < -0.39 is 0 Å². The van der Waals surface area contributed by atoms with Crippen molar-refractivity contribution in [1.29, 1.82) is 0 Å². The van der Waals surface area contributed by atoms with E-state index in [4.69, 9.17) is 15.0 Å². The van der Waals surface area contributed by atoms with Gasteiger partial charge in [-0.3, -0.25) is 28.7 Å². The van der Waals surface area contributed by atoms with Crippen LogP contribution in [-0.2, 0) is 0 Å². The fourth-order valence-electron chi connectivity index (χ4n) is 6.94. The Hall–Kier alpha value is -7.26. The SMILES string of the molecule is c1ccc2c(c1)nc(-c1cc(-c3nc4ccccc4n3-c3ccncc3)cc(-c3nc4ccccc4n3-c3ccncc3)c1)n2-c1ccncc1. The number of hydrogen-bond acceptors (Lipinski definition) is 6. The van der Waals surface area contributed by atoms with Crippen LogP contribution in [0.3, 0.4) is 0 Å². The van der Waals surface area contributed by atoms with Crippen molar-refractivity contribution < 1.29 is 0 Å². The number of benzene rings is 4. The summed E-state index contributed by atoms with van der Waals surface area (Å²) in [5.41, 5.74) is 11.3. The Balaban J connectivity index is 1.31. The van der Waals surface area contributed by atoms with Gasteiger partial charge in [-0.2, -0.15) is 0 Å². The standard InChI is InChI=1S/C42H27N9/c1-4-10-37-34(7-1)46-40(49(37)31-13-19-43-20-14-31)28-25-29(41-47-35-8-2-5-11-38(35)50(41)32-15-21-44-22-16-32)27-30(26-28)42-48-36-9-3-6-12-39(36)51(42)33-17-23-45-24-18-33/h1-27H. The van der Waals surface area contributed by atoms with E-state index in [0.29, 0.717) is 0 Å². The first-order valence-electron chi connectivity index (χ1n) is 16.6. The van der Waals surface area contributed by atoms with Crippen LogP contribution in [0.15, 0.2) is 165 Å². The van der Waals surface area contributed by atoms with Gasteiger partial charge in [0, 0.05) is 53.9 Å². The minimum Gasteiger partial charge on any atom is -0.292 e. The zero-order chi connectivity index (χ0) is 33.7. The molecule has 0 radical (unpaired) electrons. The molecule has 0 aliphatic rings. The highest BCUT2D eigenvalue weighted by Gasteiger charge is 2.22. The van der Waals surface area contributed by atoms with E-state index in [2.05, 4.69) is 65.1 Å². The van der Waals surface area contributed by atoms with Crippen molar-refractivity contribution in [2.45, 2.75) is 0 Å². The van der Waals surface area contributed by atoms with E-state index in [-0.39, 0.29) is 0 Å². The van der Waals surface area contributed by atoms with Crippen molar-refractivity contribution in [3.63, 3.8) is 0 Å². The molecule has 240 valence electrons. The topological polar surface area (TPSA) is 92.1 Å². The second-order valence-corrected chi connectivity index (χ2v) is 12.2. The van der Waals surface area contributed by atoms with E-state index in [9.17, 15) is 0 Å². The third-order valence-corrected chi connectivity index (χ3v) is 9.15. The molecular formula is C42H27N9. The van der Waals surface area contributed by atoms with Crippen molar-refractivity contribution in [2.24, 2.45) is 0 Å². The van der Waals surface area contributed by atoms with Crippen LogP contribution in [0.2, 0.25) is 0 Å². The van der Waals surface area contributed by atoms with E-state index in [1.807, 2.05) is 128 Å². The fraction of sp³-hybridized carbons (Fsp3) is 0. The number of para-hydroxylation sites is 6. The Bertz CT molecular complexity index is 2530. The minimum absolute atomic E-state index is 0.795. The molecule has 0 saturated heterocycles. The lowest BCUT2D eigenvalue weighted by atomic mass is 10.0. The Kier molecular flexibility index (Phi) is 6.60. The van der Waals surface area contributed by atoms with Gasteiger partial charge in [-0.25, -0.2) is 15.0 Å². The predicted octanol–water partition coefficient (Wildman–Crippen LogP) is 8.89. The van der Waals surface area contributed by atoms with Gasteiger partial charge in [0.05, 0.1) is 50.2 Å². The molecule has 51 heavy (non-hydrogen) atoms. The molecule has 0 amide bonds. The molecule has 0 aliphatic carbocycles. The first-order chi connectivity index (χ1) is 25.3. The summed E-state index contributed by atoms with van der Waals surface area (Å²) < 4.78 is 6.58. The highest BCUT2D eigenvalue weighted by Crippen LogP contribution is 2.38. The quantitative estimate of drug-likeness (QED) is 0.177. The second-order valence-electron chi connectivity index (χ2n) is 12.2. The Labute approximate surface area is 291 Å². The van der Waals surface area contributed by atoms with Gasteiger partial charge in [0.15, 0.2) is 0 Å². The molecule has 0 fully saturated rings. The van der Waals surface area contributed by atoms with Crippen LogP contribution in [0, 0.1) is 0 Å². The molecule has 9 nitrogen and oxygen atoms in total. The Morgan fingerprint density at radius 1 is 0.314 bits per heavy atom. The van der Waals surface area contributed by atoms with Crippen LogP contribution in [0.1, 0.15) is 0 Å². The van der Waals surface area contributed by atoms with Crippen LogP contribution in [0.25, 0.3) is 84.3 Å². The third-order valence-electron chi connectivity index (χ3n) is 9.15. The molecule has 4 aromatic carbocycles. The molecule has 0 N–H and O–H groups in total. The first-order valence-corrected chi connectivity index (χ1v) is 16.6. The molecule has 0 aliphatic heterocycles. The largest absolute Gasteiger partial charge is 0.292 e. The average molecular weight is 658 g/mol. The Morgan fingerprint density at radius 3 is 0.882 bits per heavy atom. The molecule has 0 unspecified atom stereocenters. The van der Waals surface area contributed by atoms with Crippen LogP contribution in [0.5, 0.6) is 0 Å². The van der Waals surface area contributed by atoms with Crippen molar-refractivity contribution in [3.8, 4) is 51.2 Å². The molecule has 9 heteroatoms. The van der Waals surface area contributed by atoms with Gasteiger partial charge in [0.1, 0.15) is 17.5 Å². The second kappa shape index (κ2) is 11.7. The summed E-state index contributed by atoms with van der Waals surface area (Å²) >= 11 is 0. The van der Waals surface area contributed by atoms with Gasteiger partial charge in [-0.1, -0.05) is 36.4 Å². The monoisotopic (exact) mass is 657 g/mol. The zero-order valence-electron chi connectivity index (χ0n) is 27.1. The summed E-state index contributed by atoms with van der Waals surface area (Å²) in [6.07, 6.45) is 10.9. The summed E-state index contributed by atoms with van der Waals surface area (Å²) in [6, 6.07) is 43.2. The molecule has 0 spiro atoms. The minimum atomic E-state index is 0.795. The number of pyridine rings is 3. The van der Waals surface area contributed by atoms with Gasteiger partial charge >= 0.3 is 0 Å². The molecule has 0 bridgehead atoms. The van der Waals surface area contributed by atoms with Gasteiger partial charge in [0.25, 0.3) is 0 Å². The predicted molar refractivity (Wildman–Crippen MR) is 200 cm³/mol. The summed E-state index contributed by atoms with van der Waals surface area (Å²) in [6.45, 7) is 0. The van der Waals surface area contributed by atoms with Gasteiger partial charge in [-0.15, -0.1) is 0 Å². The maximum Gasteiger partial charge on any atom is 0.145 e. The molecule has 0 saturated carbocycles. The highest BCUT2D eigenvalue weighted by molar-refractivity contribution is 5.90. The molecular weight excluding hydrogens is 631 g/mol. The lowest BCUT2D eigenvalue weighted by Crippen LogP contribution is -2.02. The lowest BCUT2D eigenvalue weighted by molar-refractivity contribution is 1.07. The number of aromatic nitrogens is 9. The van der Waals surface area contributed by atoms with Crippen molar-refractivity contribution in [3.05, 3.63) is 165 Å². The Morgan fingerprint density at radius 2 is 0.588 bits per heavy atom. The van der Waals surface area contributed by atoms with Crippen LogP contribution in [-0.4, -0.2) is 43.6 Å². The maximum atomic E-state index is 5.25. The van der Waals surface area contributed by atoms with E-state index >= 15 is 0 Å². The van der Waals surface area contributed by atoms with E-state index in [1.54, 1.807) is 0 Å². The van der Waals surface area contributed by atoms with Crippen LogP contribution >= 0.6 is 0 Å². The van der Waals surface area contributed by atoms with Crippen molar-refractivity contribution >= 4 is 33.1 Å². The average Bonchev–Trinajstić information content (AvgIpc) is 3.91. The molecule has 6 aromatic heterocycles. The first kappa shape index (κ1) is 28.7. The summed E-state index contributed by atoms with van der Waals surface area (Å²) in [5.74, 6) is 2.39. The zero-order valence-corrected chi connectivity index (χ0v) is 27.1. The van der Waals surface area contributed by atoms with E-state index in [1.165, 1.54) is 0 Å². The maximum absolute atomic E-state index is 5.25. The number of hydrogen-bond donors (Lipinski definition) is 0. The number of imidazole rings is 3. The fourth-order valence-corrected chi connectivity index (χ4v) is 6.94. The van der Waals surface area contributed by atoms with Crippen molar-refractivity contribution in [1.82, 2.24) is 43.6 Å². The van der Waals surface area contributed by atoms with Crippen LogP contribution < -0.4 is 0 Å². The van der Waals surface area contributed by atoms with Gasteiger partial charge < -0.3 is 0 Å². The number of nitrogens with zero attached hydrogens (tertiary/aromatic N) is 9. The highest BCUT2D eigenvalue weighted by atomic mass is 15.1. The third kappa shape index (κ3) is 4.79. The molecule has 6 heterocycles.